The van der Waals surface area contributed by atoms with Crippen LogP contribution in [0.3, 0.4) is 0 Å². The average Bonchev–Trinajstić information content (AvgIpc) is 2.75. The number of nitrogens with one attached hydrogen (secondary N) is 1. The molecule has 1 aromatic rings. The number of aliphatic hydroxyl groups is 1. The standard InChI is InChI=1S/C12H14N2O4S/c1-7-2-8-4-10(11(15)5-9(8)3-7)14-6-12(16)13-19(14,17)18/h4-7,13,15-16H,2-3H2,1H3. The lowest BCUT2D eigenvalue weighted by atomic mass is 10.1. The Morgan fingerprint density at radius 3 is 2.47 bits per heavy atom. The van der Waals surface area contributed by atoms with Crippen LogP contribution in [0.1, 0.15) is 18.1 Å². The van der Waals surface area contributed by atoms with Crippen molar-refractivity contribution in [2.24, 2.45) is 5.92 Å². The number of benzene rings is 1. The van der Waals surface area contributed by atoms with Crippen LogP contribution in [0.4, 0.5) is 5.69 Å². The summed E-state index contributed by atoms with van der Waals surface area (Å²) in [4.78, 5) is 0. The smallest absolute Gasteiger partial charge is 0.330 e. The Balaban J connectivity index is 2.10. The van der Waals surface area contributed by atoms with Gasteiger partial charge in [0.15, 0.2) is 0 Å². The van der Waals surface area contributed by atoms with E-state index in [4.69, 9.17) is 0 Å². The van der Waals surface area contributed by atoms with E-state index >= 15 is 0 Å². The highest BCUT2D eigenvalue weighted by Gasteiger charge is 2.32. The van der Waals surface area contributed by atoms with E-state index in [1.165, 1.54) is 0 Å². The van der Waals surface area contributed by atoms with Crippen LogP contribution in [0.2, 0.25) is 0 Å². The summed E-state index contributed by atoms with van der Waals surface area (Å²) >= 11 is 0. The van der Waals surface area contributed by atoms with Crippen molar-refractivity contribution in [3.8, 4) is 5.75 Å². The van der Waals surface area contributed by atoms with Crippen LogP contribution in [0.25, 0.3) is 0 Å². The minimum atomic E-state index is -3.86. The first-order valence-corrected chi connectivity index (χ1v) is 7.38. The van der Waals surface area contributed by atoms with Crippen molar-refractivity contribution in [3.05, 3.63) is 35.3 Å². The van der Waals surface area contributed by atoms with E-state index in [0.717, 1.165) is 34.5 Å². The highest BCUT2D eigenvalue weighted by molar-refractivity contribution is 7.91. The van der Waals surface area contributed by atoms with Gasteiger partial charge in [-0.3, -0.25) is 0 Å². The summed E-state index contributed by atoms with van der Waals surface area (Å²) in [5.74, 6) is -0.0839. The number of hydrogen-bond acceptors (Lipinski definition) is 4. The van der Waals surface area contributed by atoms with Gasteiger partial charge in [-0.2, -0.15) is 8.42 Å². The molecule has 1 aliphatic carbocycles. The summed E-state index contributed by atoms with van der Waals surface area (Å²) in [5, 5.41) is 19.3. The molecule has 1 unspecified atom stereocenters. The van der Waals surface area contributed by atoms with E-state index in [2.05, 4.69) is 6.92 Å². The van der Waals surface area contributed by atoms with Gasteiger partial charge < -0.3 is 10.2 Å². The van der Waals surface area contributed by atoms with Gasteiger partial charge in [0.25, 0.3) is 0 Å². The van der Waals surface area contributed by atoms with Crippen LogP contribution in [-0.2, 0) is 23.1 Å². The van der Waals surface area contributed by atoms with Gasteiger partial charge in [-0.05, 0) is 42.0 Å². The van der Waals surface area contributed by atoms with Crippen molar-refractivity contribution in [1.82, 2.24) is 4.72 Å². The zero-order valence-electron chi connectivity index (χ0n) is 10.3. The van der Waals surface area contributed by atoms with Gasteiger partial charge in [-0.15, -0.1) is 0 Å². The molecule has 0 bridgehead atoms. The van der Waals surface area contributed by atoms with Crippen molar-refractivity contribution < 1.29 is 18.6 Å². The maximum atomic E-state index is 11.8. The fraction of sp³-hybridized carbons (Fsp3) is 0.333. The highest BCUT2D eigenvalue weighted by atomic mass is 32.2. The van der Waals surface area contributed by atoms with Gasteiger partial charge in [-0.1, -0.05) is 6.92 Å². The van der Waals surface area contributed by atoms with Crippen LogP contribution in [-0.4, -0.2) is 18.6 Å². The number of nitrogens with zero attached hydrogens (tertiary/aromatic N) is 1. The number of anilines is 1. The summed E-state index contributed by atoms with van der Waals surface area (Å²) in [7, 11) is -3.86. The molecule has 2 aliphatic rings. The normalized spacial score (nSPS) is 23.9. The van der Waals surface area contributed by atoms with E-state index in [1.807, 2.05) is 4.72 Å². The van der Waals surface area contributed by atoms with Gasteiger partial charge in [0.1, 0.15) is 11.4 Å². The van der Waals surface area contributed by atoms with E-state index in [-0.39, 0.29) is 11.4 Å². The summed E-state index contributed by atoms with van der Waals surface area (Å²) in [6.07, 6.45) is 2.78. The second kappa shape index (κ2) is 3.80. The van der Waals surface area contributed by atoms with Gasteiger partial charge in [-0.25, -0.2) is 9.03 Å². The first kappa shape index (κ1) is 12.2. The largest absolute Gasteiger partial charge is 0.506 e. The monoisotopic (exact) mass is 282 g/mol. The Morgan fingerprint density at radius 1 is 1.26 bits per heavy atom. The second-order valence-electron chi connectivity index (χ2n) is 5.04. The molecule has 3 rings (SSSR count). The quantitative estimate of drug-likeness (QED) is 0.720. The second-order valence-corrected chi connectivity index (χ2v) is 6.59. The molecule has 1 aliphatic heterocycles. The molecule has 1 heterocycles. The molecule has 6 nitrogen and oxygen atoms in total. The van der Waals surface area contributed by atoms with Crippen LogP contribution in [0, 0.1) is 5.92 Å². The molecule has 3 N–H and O–H groups in total. The lowest BCUT2D eigenvalue weighted by Crippen LogP contribution is -2.29. The third kappa shape index (κ3) is 1.90. The summed E-state index contributed by atoms with van der Waals surface area (Å²) < 4.78 is 26.4. The van der Waals surface area contributed by atoms with Crippen LogP contribution in [0.15, 0.2) is 24.2 Å². The van der Waals surface area contributed by atoms with Crippen LogP contribution in [0.5, 0.6) is 5.75 Å². The molecule has 19 heavy (non-hydrogen) atoms. The third-order valence-corrected chi connectivity index (χ3v) is 4.69. The number of hydrogen-bond donors (Lipinski definition) is 3. The lowest BCUT2D eigenvalue weighted by molar-refractivity contribution is 0.392. The molecule has 0 aromatic heterocycles. The van der Waals surface area contributed by atoms with E-state index < -0.39 is 16.1 Å². The predicted molar refractivity (Wildman–Crippen MR) is 69.9 cm³/mol. The zero-order chi connectivity index (χ0) is 13.8. The number of rotatable bonds is 1. The topological polar surface area (TPSA) is 89.9 Å². The summed E-state index contributed by atoms with van der Waals surface area (Å²) in [6.45, 7) is 2.11. The summed E-state index contributed by atoms with van der Waals surface area (Å²) in [6, 6.07) is 3.27. The Kier molecular flexibility index (Phi) is 2.43. The minimum absolute atomic E-state index is 0.107. The molecule has 0 amide bonds. The molecule has 0 spiro atoms. The fourth-order valence-corrected chi connectivity index (χ4v) is 3.69. The van der Waals surface area contributed by atoms with Crippen molar-refractivity contribution in [1.29, 1.82) is 0 Å². The van der Waals surface area contributed by atoms with E-state index in [0.29, 0.717) is 5.92 Å². The molecule has 1 aromatic carbocycles. The third-order valence-electron chi connectivity index (χ3n) is 3.40. The molecular formula is C12H14N2O4S. The van der Waals surface area contributed by atoms with E-state index in [9.17, 15) is 18.6 Å². The van der Waals surface area contributed by atoms with Crippen molar-refractivity contribution in [2.45, 2.75) is 19.8 Å². The van der Waals surface area contributed by atoms with Gasteiger partial charge in [0, 0.05) is 0 Å². The van der Waals surface area contributed by atoms with Crippen LogP contribution >= 0.6 is 0 Å². The molecule has 0 fully saturated rings. The molecule has 102 valence electrons. The molecule has 0 saturated carbocycles. The first-order valence-electron chi connectivity index (χ1n) is 5.94. The lowest BCUT2D eigenvalue weighted by Gasteiger charge is -2.16. The predicted octanol–water partition coefficient (Wildman–Crippen LogP) is 1.14. The van der Waals surface area contributed by atoms with Gasteiger partial charge >= 0.3 is 10.2 Å². The van der Waals surface area contributed by atoms with Gasteiger partial charge in [0.05, 0.1) is 6.20 Å². The maximum Gasteiger partial charge on any atom is 0.330 e. The zero-order valence-corrected chi connectivity index (χ0v) is 11.1. The summed E-state index contributed by atoms with van der Waals surface area (Å²) in [5.41, 5.74) is 2.24. The van der Waals surface area contributed by atoms with Gasteiger partial charge in [0.2, 0.25) is 5.88 Å². The number of phenols is 1. The Morgan fingerprint density at radius 2 is 1.89 bits per heavy atom. The Bertz CT molecular complexity index is 681. The molecule has 0 radical (unpaired) electrons. The van der Waals surface area contributed by atoms with Crippen molar-refractivity contribution >= 4 is 15.9 Å². The van der Waals surface area contributed by atoms with Crippen LogP contribution < -0.4 is 9.03 Å². The number of aliphatic hydroxyl groups excluding tert-OH is 1. The maximum absolute atomic E-state index is 11.8. The molecule has 7 heteroatoms. The Hall–Kier alpha value is -1.89. The van der Waals surface area contributed by atoms with Crippen molar-refractivity contribution in [3.63, 3.8) is 0 Å². The Labute approximate surface area is 111 Å². The minimum Gasteiger partial charge on any atom is -0.506 e. The number of fused-ring (bicyclic) bond motifs is 1. The average molecular weight is 282 g/mol. The molecular weight excluding hydrogens is 268 g/mol. The van der Waals surface area contributed by atoms with E-state index in [1.54, 1.807) is 12.1 Å². The highest BCUT2D eigenvalue weighted by Crippen LogP contribution is 2.38. The first-order chi connectivity index (χ1) is 8.87. The number of aromatic hydroxyl groups is 1. The number of phenolic OH excluding ortho intramolecular Hbond substituents is 1. The molecule has 0 saturated heterocycles. The van der Waals surface area contributed by atoms with Crippen molar-refractivity contribution in [2.75, 3.05) is 4.31 Å². The molecule has 1 atom stereocenters. The fourth-order valence-electron chi connectivity index (χ4n) is 2.63. The SMILES string of the molecule is CC1Cc2cc(O)c(N3C=C(O)NS3(=O)=O)cc2C1.